The number of rotatable bonds is 6. The number of methoxy groups -OCH3 is 1. The zero-order valence-corrected chi connectivity index (χ0v) is 12.2. The third-order valence-corrected chi connectivity index (χ3v) is 2.99. The van der Waals surface area contributed by atoms with Gasteiger partial charge >= 0.3 is 12.0 Å². The van der Waals surface area contributed by atoms with Gasteiger partial charge in [0.15, 0.2) is 0 Å². The molecule has 0 radical (unpaired) electrons. The van der Waals surface area contributed by atoms with Gasteiger partial charge in [0.25, 0.3) is 0 Å². The third-order valence-electron chi connectivity index (χ3n) is 2.99. The summed E-state index contributed by atoms with van der Waals surface area (Å²) < 4.78 is 4.54. The fourth-order valence-corrected chi connectivity index (χ4v) is 1.80. The van der Waals surface area contributed by atoms with E-state index in [1.54, 1.807) is 6.92 Å². The number of urea groups is 1. The second-order valence-corrected chi connectivity index (χ2v) is 4.79. The maximum Gasteiger partial charge on any atom is 0.328 e. The first kappa shape index (κ1) is 16.0. The second-order valence-electron chi connectivity index (χ2n) is 4.79. The van der Waals surface area contributed by atoms with Gasteiger partial charge in [-0.15, -0.1) is 0 Å². The summed E-state index contributed by atoms with van der Waals surface area (Å²) in [6.45, 7) is 3.52. The highest BCUT2D eigenvalue weighted by Gasteiger charge is 2.16. The summed E-state index contributed by atoms with van der Waals surface area (Å²) in [4.78, 5) is 22.8. The molecule has 1 aromatic rings. The lowest BCUT2D eigenvalue weighted by atomic mass is 10.1. The molecule has 0 aliphatic heterocycles. The van der Waals surface area contributed by atoms with Gasteiger partial charge < -0.3 is 15.4 Å². The summed E-state index contributed by atoms with van der Waals surface area (Å²) in [6.07, 6.45) is 1.74. The Balaban J connectivity index is 2.29. The molecule has 2 atom stereocenters. The standard InChI is InChI=1S/C15H22N2O3/c1-11(9-10-13-7-5-4-6-8-13)16-15(19)17-12(2)14(18)20-3/h4-8,11-12H,9-10H2,1-3H3,(H2,16,17,19)/t11-,12-/m0/s1. The normalized spacial score (nSPS) is 13.2. The number of ether oxygens (including phenoxy) is 1. The Kier molecular flexibility index (Phi) is 6.56. The van der Waals surface area contributed by atoms with Crippen molar-refractivity contribution in [1.82, 2.24) is 10.6 Å². The van der Waals surface area contributed by atoms with E-state index in [1.807, 2.05) is 25.1 Å². The number of carbonyl (C=O) groups excluding carboxylic acids is 2. The number of nitrogens with one attached hydrogen (secondary N) is 2. The van der Waals surface area contributed by atoms with Gasteiger partial charge in [-0.05, 0) is 32.3 Å². The van der Waals surface area contributed by atoms with E-state index in [0.29, 0.717) is 0 Å². The quantitative estimate of drug-likeness (QED) is 0.781. The first-order valence-corrected chi connectivity index (χ1v) is 6.71. The topological polar surface area (TPSA) is 67.4 Å². The van der Waals surface area contributed by atoms with Crippen LogP contribution in [0.15, 0.2) is 30.3 Å². The van der Waals surface area contributed by atoms with E-state index in [1.165, 1.54) is 12.7 Å². The van der Waals surface area contributed by atoms with Crippen LogP contribution in [0.4, 0.5) is 4.79 Å². The zero-order chi connectivity index (χ0) is 15.0. The van der Waals surface area contributed by atoms with Crippen LogP contribution in [0.5, 0.6) is 0 Å². The number of amides is 2. The van der Waals surface area contributed by atoms with Crippen LogP contribution in [0.3, 0.4) is 0 Å². The van der Waals surface area contributed by atoms with Crippen molar-refractivity contribution in [3.8, 4) is 0 Å². The Hall–Kier alpha value is -2.04. The summed E-state index contributed by atoms with van der Waals surface area (Å²) in [5.74, 6) is -0.461. The lowest BCUT2D eigenvalue weighted by molar-refractivity contribution is -0.142. The minimum Gasteiger partial charge on any atom is -0.467 e. The van der Waals surface area contributed by atoms with Crippen LogP contribution in [0.25, 0.3) is 0 Å². The third kappa shape index (κ3) is 5.73. The van der Waals surface area contributed by atoms with Crippen LogP contribution in [0.1, 0.15) is 25.8 Å². The molecule has 5 nitrogen and oxygen atoms in total. The van der Waals surface area contributed by atoms with E-state index in [9.17, 15) is 9.59 Å². The number of carbonyl (C=O) groups is 2. The predicted molar refractivity (Wildman–Crippen MR) is 77.4 cm³/mol. The molecule has 0 spiro atoms. The molecule has 1 aromatic carbocycles. The maximum absolute atomic E-state index is 11.7. The van der Waals surface area contributed by atoms with Gasteiger partial charge in [-0.1, -0.05) is 30.3 Å². The first-order valence-electron chi connectivity index (χ1n) is 6.71. The van der Waals surface area contributed by atoms with Crippen molar-refractivity contribution in [2.75, 3.05) is 7.11 Å². The number of hydrogen-bond acceptors (Lipinski definition) is 3. The van der Waals surface area contributed by atoms with E-state index >= 15 is 0 Å². The zero-order valence-electron chi connectivity index (χ0n) is 12.2. The second kappa shape index (κ2) is 8.19. The largest absolute Gasteiger partial charge is 0.467 e. The van der Waals surface area contributed by atoms with Crippen LogP contribution >= 0.6 is 0 Å². The van der Waals surface area contributed by atoms with Crippen LogP contribution < -0.4 is 10.6 Å². The number of benzene rings is 1. The summed E-state index contributed by atoms with van der Waals surface area (Å²) in [5, 5.41) is 5.34. The minimum absolute atomic E-state index is 0.0278. The van der Waals surface area contributed by atoms with E-state index < -0.39 is 12.0 Å². The van der Waals surface area contributed by atoms with Crippen LogP contribution in [0, 0.1) is 0 Å². The molecular weight excluding hydrogens is 256 g/mol. The molecule has 20 heavy (non-hydrogen) atoms. The Morgan fingerprint density at radius 1 is 1.15 bits per heavy atom. The van der Waals surface area contributed by atoms with Crippen molar-refractivity contribution < 1.29 is 14.3 Å². The van der Waals surface area contributed by atoms with E-state index in [4.69, 9.17) is 0 Å². The predicted octanol–water partition coefficient (Wildman–Crippen LogP) is 1.87. The van der Waals surface area contributed by atoms with Crippen molar-refractivity contribution in [2.24, 2.45) is 0 Å². The van der Waals surface area contributed by atoms with E-state index in [0.717, 1.165) is 12.8 Å². The number of hydrogen-bond donors (Lipinski definition) is 2. The Bertz CT molecular complexity index is 434. The number of aryl methyl sites for hydroxylation is 1. The molecule has 0 saturated heterocycles. The molecule has 0 aromatic heterocycles. The van der Waals surface area contributed by atoms with Gasteiger partial charge in [0.1, 0.15) is 6.04 Å². The van der Waals surface area contributed by atoms with Crippen molar-refractivity contribution in [3.05, 3.63) is 35.9 Å². The first-order chi connectivity index (χ1) is 9.52. The molecule has 0 heterocycles. The SMILES string of the molecule is COC(=O)[C@H](C)NC(=O)N[C@@H](C)CCc1ccccc1. The summed E-state index contributed by atoms with van der Waals surface area (Å²) >= 11 is 0. The van der Waals surface area contributed by atoms with Gasteiger partial charge in [-0.25, -0.2) is 9.59 Å². The molecule has 0 saturated carbocycles. The van der Waals surface area contributed by atoms with Crippen LogP contribution in [-0.4, -0.2) is 31.2 Å². The van der Waals surface area contributed by atoms with E-state index in [2.05, 4.69) is 27.5 Å². The monoisotopic (exact) mass is 278 g/mol. The molecule has 0 fully saturated rings. The average Bonchev–Trinajstić information content (AvgIpc) is 2.45. The van der Waals surface area contributed by atoms with Crippen molar-refractivity contribution in [3.63, 3.8) is 0 Å². The number of esters is 1. The maximum atomic E-state index is 11.7. The molecule has 2 amide bonds. The summed E-state index contributed by atoms with van der Waals surface area (Å²) in [6, 6.07) is 9.12. The van der Waals surface area contributed by atoms with Crippen molar-refractivity contribution in [1.29, 1.82) is 0 Å². The van der Waals surface area contributed by atoms with Crippen LogP contribution in [0.2, 0.25) is 0 Å². The Morgan fingerprint density at radius 3 is 2.40 bits per heavy atom. The molecule has 0 aliphatic carbocycles. The Morgan fingerprint density at radius 2 is 1.80 bits per heavy atom. The molecule has 0 aliphatic rings. The molecule has 2 N–H and O–H groups in total. The van der Waals surface area contributed by atoms with Gasteiger partial charge in [-0.3, -0.25) is 0 Å². The van der Waals surface area contributed by atoms with Crippen molar-refractivity contribution >= 4 is 12.0 Å². The summed E-state index contributed by atoms with van der Waals surface area (Å²) in [5.41, 5.74) is 1.24. The molecule has 0 unspecified atom stereocenters. The molecular formula is C15H22N2O3. The molecule has 1 rings (SSSR count). The Labute approximate surface area is 119 Å². The fourth-order valence-electron chi connectivity index (χ4n) is 1.80. The smallest absolute Gasteiger partial charge is 0.328 e. The van der Waals surface area contributed by atoms with Crippen molar-refractivity contribution in [2.45, 2.75) is 38.8 Å². The molecule has 110 valence electrons. The van der Waals surface area contributed by atoms with Crippen LogP contribution in [-0.2, 0) is 16.0 Å². The van der Waals surface area contributed by atoms with Gasteiger partial charge in [-0.2, -0.15) is 0 Å². The van der Waals surface area contributed by atoms with Gasteiger partial charge in [0.2, 0.25) is 0 Å². The molecule has 0 bridgehead atoms. The highest BCUT2D eigenvalue weighted by atomic mass is 16.5. The van der Waals surface area contributed by atoms with E-state index in [-0.39, 0.29) is 12.1 Å². The van der Waals surface area contributed by atoms with Gasteiger partial charge in [0, 0.05) is 6.04 Å². The highest BCUT2D eigenvalue weighted by Crippen LogP contribution is 2.04. The minimum atomic E-state index is -0.652. The molecule has 5 heteroatoms. The lowest BCUT2D eigenvalue weighted by Crippen LogP contribution is -2.47. The fraction of sp³-hybridized carbons (Fsp3) is 0.467. The highest BCUT2D eigenvalue weighted by molar-refractivity contribution is 5.83. The lowest BCUT2D eigenvalue weighted by Gasteiger charge is -2.17. The van der Waals surface area contributed by atoms with Gasteiger partial charge in [0.05, 0.1) is 7.11 Å². The summed E-state index contributed by atoms with van der Waals surface area (Å²) in [7, 11) is 1.29. The average molecular weight is 278 g/mol.